The van der Waals surface area contributed by atoms with E-state index in [0.29, 0.717) is 15.6 Å². The Morgan fingerprint density at radius 3 is 2.55 bits per heavy atom. The van der Waals surface area contributed by atoms with E-state index in [0.717, 1.165) is 16.9 Å². The highest BCUT2D eigenvalue weighted by Crippen LogP contribution is 2.31. The minimum atomic E-state index is -3.68. The fourth-order valence-corrected chi connectivity index (χ4v) is 4.33. The number of hydrogen-bond donors (Lipinski definition) is 1. The van der Waals surface area contributed by atoms with Gasteiger partial charge in [-0.25, -0.2) is 8.42 Å². The van der Waals surface area contributed by atoms with E-state index in [1.165, 1.54) is 19.1 Å². The molecule has 0 radical (unpaired) electrons. The Balaban J connectivity index is 2.33. The molecular formula is C13H12ClNO3S2. The van der Waals surface area contributed by atoms with Gasteiger partial charge in [0.2, 0.25) is 0 Å². The molecule has 0 fully saturated rings. The summed E-state index contributed by atoms with van der Waals surface area (Å²) in [7, 11) is -3.68. The number of halogens is 1. The predicted molar refractivity (Wildman–Crippen MR) is 81.3 cm³/mol. The SMILES string of the molecule is CC(=O)c1cccc(NS(=O)(=O)c2cc(C)c(Cl)s2)c1. The normalized spacial score (nSPS) is 11.3. The highest BCUT2D eigenvalue weighted by atomic mass is 35.5. The monoisotopic (exact) mass is 329 g/mol. The van der Waals surface area contributed by atoms with Crippen LogP contribution in [-0.4, -0.2) is 14.2 Å². The van der Waals surface area contributed by atoms with Crippen molar-refractivity contribution >= 4 is 44.4 Å². The van der Waals surface area contributed by atoms with Gasteiger partial charge in [0.1, 0.15) is 4.21 Å². The molecule has 2 aromatic rings. The molecule has 1 aromatic heterocycles. The topological polar surface area (TPSA) is 63.2 Å². The Kier molecular flexibility index (Phi) is 4.17. The molecule has 2 rings (SSSR count). The molecule has 106 valence electrons. The van der Waals surface area contributed by atoms with Crippen LogP contribution >= 0.6 is 22.9 Å². The average Bonchev–Trinajstić information content (AvgIpc) is 2.70. The summed E-state index contributed by atoms with van der Waals surface area (Å²) in [6.45, 7) is 3.17. The lowest BCUT2D eigenvalue weighted by atomic mass is 10.1. The van der Waals surface area contributed by atoms with Crippen LogP contribution in [0.5, 0.6) is 0 Å². The summed E-state index contributed by atoms with van der Waals surface area (Å²) in [5.41, 5.74) is 1.51. The number of hydrogen-bond acceptors (Lipinski definition) is 4. The molecule has 0 unspecified atom stereocenters. The second-order valence-electron chi connectivity index (χ2n) is 4.26. The van der Waals surface area contributed by atoms with Crippen molar-refractivity contribution in [2.24, 2.45) is 0 Å². The van der Waals surface area contributed by atoms with Crippen molar-refractivity contribution < 1.29 is 13.2 Å². The zero-order chi connectivity index (χ0) is 14.9. The molecule has 0 bridgehead atoms. The molecule has 20 heavy (non-hydrogen) atoms. The van der Waals surface area contributed by atoms with Crippen LogP contribution in [0.3, 0.4) is 0 Å². The van der Waals surface area contributed by atoms with E-state index in [4.69, 9.17) is 11.6 Å². The number of benzene rings is 1. The highest BCUT2D eigenvalue weighted by molar-refractivity contribution is 7.94. The molecule has 0 amide bonds. The van der Waals surface area contributed by atoms with E-state index in [1.54, 1.807) is 25.1 Å². The van der Waals surface area contributed by atoms with Crippen LogP contribution in [-0.2, 0) is 10.0 Å². The number of aryl methyl sites for hydroxylation is 1. The molecule has 0 aliphatic carbocycles. The average molecular weight is 330 g/mol. The quantitative estimate of drug-likeness (QED) is 0.870. The number of rotatable bonds is 4. The van der Waals surface area contributed by atoms with Crippen molar-refractivity contribution in [3.63, 3.8) is 0 Å². The van der Waals surface area contributed by atoms with Crippen LogP contribution in [0, 0.1) is 6.92 Å². The molecule has 4 nitrogen and oxygen atoms in total. The van der Waals surface area contributed by atoms with E-state index in [2.05, 4.69) is 4.72 Å². The Morgan fingerprint density at radius 1 is 1.30 bits per heavy atom. The molecule has 0 aliphatic heterocycles. The lowest BCUT2D eigenvalue weighted by molar-refractivity contribution is 0.101. The molecule has 0 spiro atoms. The Labute approximate surface area is 126 Å². The maximum atomic E-state index is 12.2. The number of carbonyl (C=O) groups excluding carboxylic acids is 1. The molecule has 0 saturated carbocycles. The fourth-order valence-electron chi connectivity index (χ4n) is 1.57. The van der Waals surface area contributed by atoms with Crippen molar-refractivity contribution in [2.45, 2.75) is 18.1 Å². The van der Waals surface area contributed by atoms with Gasteiger partial charge in [-0.3, -0.25) is 9.52 Å². The standard InChI is InChI=1S/C13H12ClNO3S2/c1-8-6-12(19-13(8)14)20(17,18)15-11-5-3-4-10(7-11)9(2)16/h3-7,15H,1-2H3. The van der Waals surface area contributed by atoms with Gasteiger partial charge in [-0.15, -0.1) is 11.3 Å². The van der Waals surface area contributed by atoms with Gasteiger partial charge >= 0.3 is 0 Å². The number of Topliss-reactive ketones (excluding diaryl/α,β-unsaturated/α-hetero) is 1. The first kappa shape index (κ1) is 15.0. The van der Waals surface area contributed by atoms with Crippen LogP contribution in [0.4, 0.5) is 5.69 Å². The summed E-state index contributed by atoms with van der Waals surface area (Å²) in [5, 5.41) is 0. The molecule has 1 heterocycles. The summed E-state index contributed by atoms with van der Waals surface area (Å²) < 4.78 is 27.4. The van der Waals surface area contributed by atoms with E-state index in [-0.39, 0.29) is 9.99 Å². The van der Waals surface area contributed by atoms with Gasteiger partial charge in [0.25, 0.3) is 10.0 Å². The van der Waals surface area contributed by atoms with Crippen molar-refractivity contribution in [3.05, 3.63) is 45.8 Å². The van der Waals surface area contributed by atoms with E-state index >= 15 is 0 Å². The molecular weight excluding hydrogens is 318 g/mol. The summed E-state index contributed by atoms with van der Waals surface area (Å²) in [6.07, 6.45) is 0. The Hall–Kier alpha value is -1.37. The molecule has 0 aliphatic rings. The van der Waals surface area contributed by atoms with Crippen LogP contribution in [0.25, 0.3) is 0 Å². The van der Waals surface area contributed by atoms with Gasteiger partial charge in [-0.1, -0.05) is 23.7 Å². The maximum Gasteiger partial charge on any atom is 0.271 e. The number of thiophene rings is 1. The first-order chi connectivity index (χ1) is 9.29. The Morgan fingerprint density at radius 2 is 2.00 bits per heavy atom. The van der Waals surface area contributed by atoms with E-state index in [9.17, 15) is 13.2 Å². The van der Waals surface area contributed by atoms with E-state index < -0.39 is 10.0 Å². The molecule has 7 heteroatoms. The smallest absolute Gasteiger partial charge is 0.271 e. The van der Waals surface area contributed by atoms with Gasteiger partial charge < -0.3 is 0 Å². The molecule has 1 aromatic carbocycles. The van der Waals surface area contributed by atoms with Crippen molar-refractivity contribution in [1.29, 1.82) is 0 Å². The second kappa shape index (κ2) is 5.55. The first-order valence-corrected chi connectivity index (χ1v) is 8.37. The Bertz CT molecular complexity index is 746. The highest BCUT2D eigenvalue weighted by Gasteiger charge is 2.18. The van der Waals surface area contributed by atoms with Crippen molar-refractivity contribution in [1.82, 2.24) is 0 Å². The van der Waals surface area contributed by atoms with Crippen LogP contribution in [0.1, 0.15) is 22.8 Å². The van der Waals surface area contributed by atoms with Gasteiger partial charge in [0.15, 0.2) is 5.78 Å². The maximum absolute atomic E-state index is 12.2. The second-order valence-corrected chi connectivity index (χ2v) is 7.83. The number of carbonyl (C=O) groups is 1. The van der Waals surface area contributed by atoms with E-state index in [1.807, 2.05) is 0 Å². The van der Waals surface area contributed by atoms with Crippen LogP contribution < -0.4 is 4.72 Å². The number of ketones is 1. The zero-order valence-corrected chi connectivity index (χ0v) is 13.2. The summed E-state index contributed by atoms with van der Waals surface area (Å²) in [5.74, 6) is -0.124. The summed E-state index contributed by atoms with van der Waals surface area (Å²) in [4.78, 5) is 11.3. The minimum Gasteiger partial charge on any atom is -0.295 e. The van der Waals surface area contributed by atoms with Gasteiger partial charge in [-0.05, 0) is 37.6 Å². The van der Waals surface area contributed by atoms with Crippen LogP contribution in [0.2, 0.25) is 4.34 Å². The number of nitrogens with one attached hydrogen (secondary N) is 1. The summed E-state index contributed by atoms with van der Waals surface area (Å²) in [6, 6.07) is 7.87. The largest absolute Gasteiger partial charge is 0.295 e. The third-order valence-corrected chi connectivity index (χ3v) is 6.03. The first-order valence-electron chi connectivity index (χ1n) is 5.69. The molecule has 0 saturated heterocycles. The number of sulfonamides is 1. The van der Waals surface area contributed by atoms with Crippen LogP contribution in [0.15, 0.2) is 34.5 Å². The lowest BCUT2D eigenvalue weighted by Crippen LogP contribution is -2.11. The van der Waals surface area contributed by atoms with Gasteiger partial charge in [0.05, 0.1) is 4.34 Å². The summed E-state index contributed by atoms with van der Waals surface area (Å²) >= 11 is 6.89. The van der Waals surface area contributed by atoms with Gasteiger partial charge in [0, 0.05) is 11.3 Å². The van der Waals surface area contributed by atoms with Crippen molar-refractivity contribution in [3.8, 4) is 0 Å². The van der Waals surface area contributed by atoms with Gasteiger partial charge in [-0.2, -0.15) is 0 Å². The third kappa shape index (κ3) is 3.20. The minimum absolute atomic E-state index is 0.124. The van der Waals surface area contributed by atoms with Crippen molar-refractivity contribution in [2.75, 3.05) is 4.72 Å². The molecule has 0 atom stereocenters. The third-order valence-electron chi connectivity index (χ3n) is 2.62. The molecule has 1 N–H and O–H groups in total. The number of anilines is 1. The zero-order valence-electron chi connectivity index (χ0n) is 10.8. The predicted octanol–water partition coefficient (Wildman–Crippen LogP) is 3.71. The fraction of sp³-hybridized carbons (Fsp3) is 0.154. The lowest BCUT2D eigenvalue weighted by Gasteiger charge is -2.07.